The first-order valence-corrected chi connectivity index (χ1v) is 4.46. The highest BCUT2D eigenvalue weighted by Crippen LogP contribution is 2.26. The minimum absolute atomic E-state index is 0.0382. The van der Waals surface area contributed by atoms with Gasteiger partial charge in [0.25, 0.3) is 0 Å². The van der Waals surface area contributed by atoms with Crippen LogP contribution in [-0.2, 0) is 0 Å². The zero-order valence-electron chi connectivity index (χ0n) is 6.67. The van der Waals surface area contributed by atoms with Gasteiger partial charge in [-0.2, -0.15) is 0 Å². The summed E-state index contributed by atoms with van der Waals surface area (Å²) in [4.78, 5) is 11.3. The maximum atomic E-state index is 11.3. The van der Waals surface area contributed by atoms with E-state index in [0.717, 1.165) is 0 Å². The minimum atomic E-state index is -0.0556. The van der Waals surface area contributed by atoms with Crippen molar-refractivity contribution < 1.29 is 9.90 Å². The van der Waals surface area contributed by atoms with E-state index in [1.54, 1.807) is 19.1 Å². The van der Waals surface area contributed by atoms with E-state index in [-0.39, 0.29) is 11.5 Å². The van der Waals surface area contributed by atoms with E-state index < -0.39 is 0 Å². The zero-order valence-corrected chi connectivity index (χ0v) is 8.26. The first kappa shape index (κ1) is 9.26. The summed E-state index contributed by atoms with van der Waals surface area (Å²) in [5.74, 6) is -0.0174. The van der Waals surface area contributed by atoms with Crippen LogP contribution >= 0.6 is 15.9 Å². The highest BCUT2D eigenvalue weighted by molar-refractivity contribution is 9.10. The molecule has 0 saturated heterocycles. The minimum Gasteiger partial charge on any atom is -0.507 e. The number of halogens is 1. The number of hydrogen-bond donors (Lipinski definition) is 1. The molecule has 1 aromatic carbocycles. The predicted octanol–water partition coefficient (Wildman–Crippen LogP) is 2.75. The average molecular weight is 229 g/mol. The fraction of sp³-hybridized carbons (Fsp3) is 0.222. The van der Waals surface area contributed by atoms with Gasteiger partial charge in [0, 0.05) is 10.9 Å². The van der Waals surface area contributed by atoms with Gasteiger partial charge in [0.15, 0.2) is 5.78 Å². The molecule has 2 nitrogen and oxygen atoms in total. The molecule has 0 spiro atoms. The summed E-state index contributed by atoms with van der Waals surface area (Å²) >= 11 is 3.21. The fourth-order valence-corrected chi connectivity index (χ4v) is 1.54. The van der Waals surface area contributed by atoms with E-state index in [2.05, 4.69) is 15.9 Å². The maximum Gasteiger partial charge on any atom is 0.167 e. The third-order valence-electron chi connectivity index (χ3n) is 1.59. The molecule has 0 fully saturated rings. The molecule has 0 aliphatic carbocycles. The second kappa shape index (κ2) is 3.72. The van der Waals surface area contributed by atoms with Crippen LogP contribution in [0.4, 0.5) is 0 Å². The van der Waals surface area contributed by atoms with Gasteiger partial charge >= 0.3 is 0 Å². The van der Waals surface area contributed by atoms with Crippen LogP contribution < -0.4 is 0 Å². The first-order valence-electron chi connectivity index (χ1n) is 3.67. The highest BCUT2D eigenvalue weighted by Gasteiger charge is 2.11. The molecule has 1 rings (SSSR count). The molecule has 64 valence electrons. The third kappa shape index (κ3) is 1.67. The lowest BCUT2D eigenvalue weighted by molar-refractivity contribution is 0.0985. The Morgan fingerprint density at radius 1 is 1.58 bits per heavy atom. The monoisotopic (exact) mass is 228 g/mol. The summed E-state index contributed by atoms with van der Waals surface area (Å²) in [7, 11) is 0. The normalized spacial score (nSPS) is 9.83. The number of phenols is 1. The topological polar surface area (TPSA) is 37.3 Å². The summed E-state index contributed by atoms with van der Waals surface area (Å²) < 4.78 is 0.648. The van der Waals surface area contributed by atoms with Crippen molar-refractivity contribution in [2.45, 2.75) is 13.3 Å². The second-order valence-electron chi connectivity index (χ2n) is 2.41. The van der Waals surface area contributed by atoms with Gasteiger partial charge in [-0.05, 0) is 28.1 Å². The number of phenolic OH excluding ortho intramolecular Hbond substituents is 1. The quantitative estimate of drug-likeness (QED) is 0.791. The SMILES string of the molecule is CCC(=O)c1c(O)cccc1Br. The van der Waals surface area contributed by atoms with Gasteiger partial charge in [0.1, 0.15) is 5.75 Å². The predicted molar refractivity (Wildman–Crippen MR) is 50.4 cm³/mol. The van der Waals surface area contributed by atoms with Crippen molar-refractivity contribution in [3.63, 3.8) is 0 Å². The van der Waals surface area contributed by atoms with E-state index in [1.807, 2.05) is 0 Å². The zero-order chi connectivity index (χ0) is 9.14. The lowest BCUT2D eigenvalue weighted by Gasteiger charge is -2.03. The average Bonchev–Trinajstić information content (AvgIpc) is 2.03. The number of Topliss-reactive ketones (excluding diaryl/α,β-unsaturated/α-hetero) is 1. The molecule has 0 atom stereocenters. The van der Waals surface area contributed by atoms with Crippen LogP contribution in [0.1, 0.15) is 23.7 Å². The lowest BCUT2D eigenvalue weighted by Crippen LogP contribution is -1.97. The summed E-state index contributed by atoms with van der Waals surface area (Å²) in [5.41, 5.74) is 0.375. The van der Waals surface area contributed by atoms with Crippen molar-refractivity contribution in [2.75, 3.05) is 0 Å². The van der Waals surface area contributed by atoms with Crippen LogP contribution in [0.3, 0.4) is 0 Å². The van der Waals surface area contributed by atoms with Crippen LogP contribution in [0.2, 0.25) is 0 Å². The second-order valence-corrected chi connectivity index (χ2v) is 3.27. The van der Waals surface area contributed by atoms with Crippen LogP contribution in [0.15, 0.2) is 22.7 Å². The molecule has 0 aliphatic heterocycles. The molecule has 0 amide bonds. The van der Waals surface area contributed by atoms with Crippen molar-refractivity contribution in [1.29, 1.82) is 0 Å². The van der Waals surface area contributed by atoms with Crippen molar-refractivity contribution in [1.82, 2.24) is 0 Å². The van der Waals surface area contributed by atoms with Crippen molar-refractivity contribution in [3.05, 3.63) is 28.2 Å². The smallest absolute Gasteiger partial charge is 0.167 e. The van der Waals surface area contributed by atoms with Gasteiger partial charge in [-0.3, -0.25) is 4.79 Å². The molecular formula is C9H9BrO2. The Kier molecular flexibility index (Phi) is 2.87. The molecule has 12 heavy (non-hydrogen) atoms. The Hall–Kier alpha value is -0.830. The molecule has 0 bridgehead atoms. The number of aromatic hydroxyl groups is 1. The van der Waals surface area contributed by atoms with Gasteiger partial charge in [-0.15, -0.1) is 0 Å². The first-order chi connectivity index (χ1) is 5.66. The van der Waals surface area contributed by atoms with Gasteiger partial charge in [0.2, 0.25) is 0 Å². The standard InChI is InChI=1S/C9H9BrO2/c1-2-7(11)9-6(10)4-3-5-8(9)12/h3-5,12H,2H2,1H3. The number of ketones is 1. The number of carbonyl (C=O) groups is 1. The molecular weight excluding hydrogens is 220 g/mol. The van der Waals surface area contributed by atoms with E-state index in [1.165, 1.54) is 6.07 Å². The molecule has 0 heterocycles. The molecule has 0 unspecified atom stereocenters. The van der Waals surface area contributed by atoms with E-state index in [9.17, 15) is 9.90 Å². The molecule has 0 saturated carbocycles. The van der Waals surface area contributed by atoms with E-state index in [0.29, 0.717) is 16.5 Å². The number of benzene rings is 1. The fourth-order valence-electron chi connectivity index (χ4n) is 0.966. The van der Waals surface area contributed by atoms with Crippen molar-refractivity contribution in [3.8, 4) is 5.75 Å². The number of hydrogen-bond acceptors (Lipinski definition) is 2. The van der Waals surface area contributed by atoms with Crippen LogP contribution in [0, 0.1) is 0 Å². The Morgan fingerprint density at radius 3 is 2.75 bits per heavy atom. The molecule has 1 aromatic rings. The van der Waals surface area contributed by atoms with E-state index in [4.69, 9.17) is 0 Å². The lowest BCUT2D eigenvalue weighted by atomic mass is 10.1. The summed E-state index contributed by atoms with van der Waals surface area (Å²) in [6.07, 6.45) is 0.399. The van der Waals surface area contributed by atoms with Crippen LogP contribution in [0.25, 0.3) is 0 Å². The highest BCUT2D eigenvalue weighted by atomic mass is 79.9. The van der Waals surface area contributed by atoms with Crippen LogP contribution in [-0.4, -0.2) is 10.9 Å². The molecule has 0 aliphatic rings. The molecule has 0 aromatic heterocycles. The number of carbonyl (C=O) groups excluding carboxylic acids is 1. The van der Waals surface area contributed by atoms with Crippen molar-refractivity contribution in [2.24, 2.45) is 0 Å². The molecule has 0 radical (unpaired) electrons. The Balaban J connectivity index is 3.21. The maximum absolute atomic E-state index is 11.3. The van der Waals surface area contributed by atoms with Crippen molar-refractivity contribution >= 4 is 21.7 Å². The van der Waals surface area contributed by atoms with Gasteiger partial charge < -0.3 is 5.11 Å². The molecule has 1 N–H and O–H groups in total. The summed E-state index contributed by atoms with van der Waals surface area (Å²) in [5, 5.41) is 9.34. The largest absolute Gasteiger partial charge is 0.507 e. The summed E-state index contributed by atoms with van der Waals surface area (Å²) in [6.45, 7) is 1.77. The van der Waals surface area contributed by atoms with Gasteiger partial charge in [-0.1, -0.05) is 13.0 Å². The van der Waals surface area contributed by atoms with Crippen LogP contribution in [0.5, 0.6) is 5.75 Å². The Bertz CT molecular complexity index is 287. The summed E-state index contributed by atoms with van der Waals surface area (Å²) in [6, 6.07) is 4.93. The molecule has 3 heteroatoms. The number of rotatable bonds is 2. The van der Waals surface area contributed by atoms with E-state index >= 15 is 0 Å². The Morgan fingerprint density at radius 2 is 2.25 bits per heavy atom. The Labute approximate surface area is 79.3 Å². The van der Waals surface area contributed by atoms with Gasteiger partial charge in [-0.25, -0.2) is 0 Å². The third-order valence-corrected chi connectivity index (χ3v) is 2.25. The van der Waals surface area contributed by atoms with Gasteiger partial charge in [0.05, 0.1) is 5.56 Å².